The third-order valence-corrected chi connectivity index (χ3v) is 5.05. The molecule has 2 atom stereocenters. The van der Waals surface area contributed by atoms with E-state index in [1.165, 1.54) is 13.5 Å². The third-order valence-electron chi connectivity index (χ3n) is 4.61. The van der Waals surface area contributed by atoms with Gasteiger partial charge in [-0.3, -0.25) is 4.79 Å². The summed E-state index contributed by atoms with van der Waals surface area (Å²) in [4.78, 5) is 11.8. The molecule has 0 amide bonds. The van der Waals surface area contributed by atoms with Gasteiger partial charge >= 0.3 is 5.97 Å². The molecule has 84 valence electrons. The molecule has 0 saturated heterocycles. The summed E-state index contributed by atoms with van der Waals surface area (Å²) in [6.07, 6.45) is 6.40. The molecule has 0 aromatic rings. The van der Waals surface area contributed by atoms with Crippen molar-refractivity contribution < 1.29 is 9.53 Å². The lowest BCUT2D eigenvalue weighted by atomic mass is 9.49. The fourth-order valence-electron chi connectivity index (χ4n) is 4.61. The highest BCUT2D eigenvalue weighted by molar-refractivity contribution is 6.24. The van der Waals surface area contributed by atoms with E-state index in [1.54, 1.807) is 0 Å². The molecule has 4 aliphatic rings. The number of halogens is 1. The predicted molar refractivity (Wildman–Crippen MR) is 57.7 cm³/mol. The highest BCUT2D eigenvalue weighted by atomic mass is 35.5. The Morgan fingerprint density at radius 1 is 1.27 bits per heavy atom. The maximum Gasteiger partial charge on any atom is 0.311 e. The van der Waals surface area contributed by atoms with Gasteiger partial charge in [0.05, 0.1) is 12.5 Å². The fourth-order valence-corrected chi connectivity index (χ4v) is 5.30. The summed E-state index contributed by atoms with van der Waals surface area (Å²) in [7, 11) is 1.50. The SMILES string of the molecule is COC(=O)C12C[C@H]3C[C@@H](CC(Cl)(C3)C1)C2. The number of carbonyl (C=O) groups is 1. The highest BCUT2D eigenvalue weighted by Crippen LogP contribution is 2.64. The molecule has 4 saturated carbocycles. The summed E-state index contributed by atoms with van der Waals surface area (Å²) < 4.78 is 4.98. The average molecular weight is 229 g/mol. The molecular weight excluding hydrogens is 212 g/mol. The molecule has 0 spiro atoms. The molecule has 3 heteroatoms. The van der Waals surface area contributed by atoms with Gasteiger partial charge in [0.25, 0.3) is 0 Å². The van der Waals surface area contributed by atoms with Gasteiger partial charge in [0.15, 0.2) is 0 Å². The Bertz CT molecular complexity index is 299. The van der Waals surface area contributed by atoms with Crippen LogP contribution in [0.15, 0.2) is 0 Å². The van der Waals surface area contributed by atoms with Crippen LogP contribution >= 0.6 is 11.6 Å². The van der Waals surface area contributed by atoms with E-state index in [0.717, 1.165) is 32.1 Å². The van der Waals surface area contributed by atoms with E-state index in [-0.39, 0.29) is 16.3 Å². The summed E-state index contributed by atoms with van der Waals surface area (Å²) in [5, 5.41) is 0. The van der Waals surface area contributed by atoms with E-state index in [9.17, 15) is 4.79 Å². The van der Waals surface area contributed by atoms with Gasteiger partial charge < -0.3 is 4.74 Å². The maximum absolute atomic E-state index is 11.9. The molecule has 0 aromatic carbocycles. The van der Waals surface area contributed by atoms with Crippen LogP contribution in [0.4, 0.5) is 0 Å². The van der Waals surface area contributed by atoms with Crippen LogP contribution in [-0.4, -0.2) is 18.0 Å². The minimum atomic E-state index is -0.222. The highest BCUT2D eigenvalue weighted by Gasteiger charge is 2.60. The van der Waals surface area contributed by atoms with Crippen LogP contribution in [0.5, 0.6) is 0 Å². The van der Waals surface area contributed by atoms with Crippen molar-refractivity contribution in [2.45, 2.75) is 43.4 Å². The number of alkyl halides is 1. The topological polar surface area (TPSA) is 26.3 Å². The summed E-state index contributed by atoms with van der Waals surface area (Å²) >= 11 is 6.61. The van der Waals surface area contributed by atoms with Crippen LogP contribution in [0.25, 0.3) is 0 Å². The maximum atomic E-state index is 11.9. The number of methoxy groups -OCH3 is 1. The van der Waals surface area contributed by atoms with Crippen LogP contribution in [0.1, 0.15) is 38.5 Å². The minimum Gasteiger partial charge on any atom is -0.469 e. The number of carbonyl (C=O) groups excluding carboxylic acids is 1. The van der Waals surface area contributed by atoms with E-state index < -0.39 is 0 Å². The van der Waals surface area contributed by atoms with Gasteiger partial charge in [-0.1, -0.05) is 0 Å². The lowest BCUT2D eigenvalue weighted by Gasteiger charge is -2.58. The molecule has 15 heavy (non-hydrogen) atoms. The number of esters is 1. The number of hydrogen-bond donors (Lipinski definition) is 0. The molecular formula is C12H17ClO2. The number of ether oxygens (including phenoxy) is 1. The minimum absolute atomic E-state index is 0.0124. The first-order chi connectivity index (χ1) is 7.05. The molecule has 0 unspecified atom stereocenters. The summed E-state index contributed by atoms with van der Waals surface area (Å²) in [6, 6.07) is 0. The van der Waals surface area contributed by atoms with E-state index in [2.05, 4.69) is 0 Å². The largest absolute Gasteiger partial charge is 0.469 e. The lowest BCUT2D eigenvalue weighted by molar-refractivity contribution is -0.166. The smallest absolute Gasteiger partial charge is 0.311 e. The lowest BCUT2D eigenvalue weighted by Crippen LogP contribution is -2.56. The fraction of sp³-hybridized carbons (Fsp3) is 0.917. The van der Waals surface area contributed by atoms with E-state index >= 15 is 0 Å². The zero-order valence-electron chi connectivity index (χ0n) is 9.09. The second-order valence-electron chi connectivity index (χ2n) is 5.88. The van der Waals surface area contributed by atoms with Crippen molar-refractivity contribution in [1.29, 1.82) is 0 Å². The molecule has 0 heterocycles. The van der Waals surface area contributed by atoms with Gasteiger partial charge in [-0.05, 0) is 50.4 Å². The standard InChI is InChI=1S/C12H17ClO2/c1-15-10(14)11-3-8-2-9(4-11)6-12(13,5-8)7-11/h8-9H,2-7H2,1H3/t8-,9-,11?,12?/m1/s1. The van der Waals surface area contributed by atoms with Gasteiger partial charge in [-0.25, -0.2) is 0 Å². The van der Waals surface area contributed by atoms with Gasteiger partial charge in [0.2, 0.25) is 0 Å². The average Bonchev–Trinajstić information content (AvgIpc) is 2.12. The molecule has 0 N–H and O–H groups in total. The molecule has 0 aliphatic heterocycles. The van der Waals surface area contributed by atoms with E-state index in [0.29, 0.717) is 11.8 Å². The Balaban J connectivity index is 1.96. The molecule has 0 radical (unpaired) electrons. The van der Waals surface area contributed by atoms with Crippen LogP contribution in [0.3, 0.4) is 0 Å². The molecule has 4 fully saturated rings. The van der Waals surface area contributed by atoms with E-state index in [1.807, 2.05) is 0 Å². The predicted octanol–water partition coefficient (Wildman–Crippen LogP) is 2.74. The second-order valence-corrected chi connectivity index (χ2v) is 6.69. The Morgan fingerprint density at radius 2 is 1.87 bits per heavy atom. The summed E-state index contributed by atoms with van der Waals surface area (Å²) in [6.45, 7) is 0. The van der Waals surface area contributed by atoms with Gasteiger partial charge in [-0.15, -0.1) is 11.6 Å². The van der Waals surface area contributed by atoms with Crippen molar-refractivity contribution >= 4 is 17.6 Å². The molecule has 2 nitrogen and oxygen atoms in total. The van der Waals surface area contributed by atoms with Gasteiger partial charge in [-0.2, -0.15) is 0 Å². The Labute approximate surface area is 95.3 Å². The Kier molecular flexibility index (Phi) is 1.93. The monoisotopic (exact) mass is 228 g/mol. The first-order valence-corrected chi connectivity index (χ1v) is 6.20. The van der Waals surface area contributed by atoms with Crippen LogP contribution in [0.2, 0.25) is 0 Å². The first-order valence-electron chi connectivity index (χ1n) is 5.83. The van der Waals surface area contributed by atoms with Crippen molar-refractivity contribution in [2.75, 3.05) is 7.11 Å². The Hall–Kier alpha value is -0.240. The van der Waals surface area contributed by atoms with Crippen LogP contribution in [0, 0.1) is 17.3 Å². The molecule has 0 aromatic heterocycles. The number of hydrogen-bond acceptors (Lipinski definition) is 2. The quantitative estimate of drug-likeness (QED) is 0.510. The van der Waals surface area contributed by atoms with Crippen molar-refractivity contribution in [3.63, 3.8) is 0 Å². The summed E-state index contributed by atoms with van der Waals surface area (Å²) in [5.41, 5.74) is -0.222. The Morgan fingerprint density at radius 3 is 2.33 bits per heavy atom. The molecule has 4 bridgehead atoms. The second kappa shape index (κ2) is 2.91. The van der Waals surface area contributed by atoms with Crippen molar-refractivity contribution in [2.24, 2.45) is 17.3 Å². The first kappa shape index (κ1) is 9.95. The molecule has 4 rings (SSSR count). The van der Waals surface area contributed by atoms with Gasteiger partial charge in [0.1, 0.15) is 0 Å². The zero-order chi connectivity index (χ0) is 10.7. The normalized spacial score (nSPS) is 51.9. The van der Waals surface area contributed by atoms with Gasteiger partial charge in [0, 0.05) is 4.87 Å². The van der Waals surface area contributed by atoms with Crippen molar-refractivity contribution in [1.82, 2.24) is 0 Å². The third kappa shape index (κ3) is 1.33. The number of rotatable bonds is 1. The van der Waals surface area contributed by atoms with Crippen LogP contribution in [-0.2, 0) is 9.53 Å². The van der Waals surface area contributed by atoms with Crippen molar-refractivity contribution in [3.8, 4) is 0 Å². The summed E-state index contributed by atoms with van der Waals surface area (Å²) in [5.74, 6) is 1.33. The van der Waals surface area contributed by atoms with Crippen molar-refractivity contribution in [3.05, 3.63) is 0 Å². The van der Waals surface area contributed by atoms with Crippen LogP contribution < -0.4 is 0 Å². The molecule has 4 aliphatic carbocycles. The van der Waals surface area contributed by atoms with E-state index in [4.69, 9.17) is 16.3 Å². The zero-order valence-corrected chi connectivity index (χ0v) is 9.85.